The van der Waals surface area contributed by atoms with Crippen LogP contribution < -0.4 is 38.9 Å². The predicted octanol–water partition coefficient (Wildman–Crippen LogP) is -6.14. The third-order valence-corrected chi connectivity index (χ3v) is 3.91. The first-order valence-corrected chi connectivity index (χ1v) is 9.13. The average molecular weight is 461 g/mol. The van der Waals surface area contributed by atoms with Crippen LogP contribution in [0.5, 0.6) is 0 Å². The molecular formula is C16H27N7O9. The molecule has 0 bridgehead atoms. The Kier molecular flexibility index (Phi) is 11.9. The van der Waals surface area contributed by atoms with Gasteiger partial charge in [-0.15, -0.1) is 0 Å². The minimum atomic E-state index is -1.74. The van der Waals surface area contributed by atoms with E-state index < -0.39 is 85.0 Å². The number of nitrogens with one attached hydrogen (secondary N) is 3. The maximum Gasteiger partial charge on any atom is 0.328 e. The highest BCUT2D eigenvalue weighted by Gasteiger charge is 2.31. The van der Waals surface area contributed by atoms with Crippen LogP contribution in [-0.4, -0.2) is 82.4 Å². The van der Waals surface area contributed by atoms with E-state index in [1.54, 1.807) is 0 Å². The Morgan fingerprint density at radius 3 is 1.44 bits per heavy atom. The molecule has 32 heavy (non-hydrogen) atoms. The lowest BCUT2D eigenvalue weighted by molar-refractivity contribution is -0.143. The standard InChI is InChI=1S/C16H27N7O9/c17-6(1-2-10(18)25)13(28)21-7(3-11(19)26)14(29)22-8(4-12(20)27)15(30)23-9(5-24)16(31)32/h6-9,24H,1-5,17H2,(H2,18,25)(H2,19,26)(H2,20,27)(H,21,28)(H,22,29)(H,23,30)(H,31,32). The molecule has 0 fully saturated rings. The summed E-state index contributed by atoms with van der Waals surface area (Å²) in [5.41, 5.74) is 20.6. The fraction of sp³-hybridized carbons (Fsp3) is 0.562. The van der Waals surface area contributed by atoms with E-state index >= 15 is 0 Å². The van der Waals surface area contributed by atoms with Crippen molar-refractivity contribution >= 4 is 41.4 Å². The van der Waals surface area contributed by atoms with Crippen LogP contribution in [0, 0.1) is 0 Å². The maximum atomic E-state index is 12.5. The summed E-state index contributed by atoms with van der Waals surface area (Å²) < 4.78 is 0. The maximum absolute atomic E-state index is 12.5. The number of aliphatic carboxylic acids is 1. The highest BCUT2D eigenvalue weighted by atomic mass is 16.4. The van der Waals surface area contributed by atoms with E-state index in [0.717, 1.165) is 0 Å². The second-order valence-electron chi connectivity index (χ2n) is 6.66. The SMILES string of the molecule is NC(=O)CCC(N)C(=O)NC(CC(N)=O)C(=O)NC(CC(N)=O)C(=O)NC(CO)C(=O)O. The van der Waals surface area contributed by atoms with Gasteiger partial charge < -0.3 is 49.1 Å². The molecule has 0 rings (SSSR count). The molecular weight excluding hydrogens is 434 g/mol. The summed E-state index contributed by atoms with van der Waals surface area (Å²) in [6.07, 6.45) is -1.88. The summed E-state index contributed by atoms with van der Waals surface area (Å²) in [6, 6.07) is -6.34. The fourth-order valence-corrected chi connectivity index (χ4v) is 2.26. The first-order valence-electron chi connectivity index (χ1n) is 9.13. The summed E-state index contributed by atoms with van der Waals surface area (Å²) in [5, 5.41) is 24.0. The van der Waals surface area contributed by atoms with Crippen molar-refractivity contribution in [3.63, 3.8) is 0 Å². The van der Waals surface area contributed by atoms with Gasteiger partial charge in [-0.3, -0.25) is 28.8 Å². The highest BCUT2D eigenvalue weighted by molar-refractivity contribution is 5.97. The van der Waals surface area contributed by atoms with E-state index in [0.29, 0.717) is 0 Å². The molecule has 0 aromatic carbocycles. The van der Waals surface area contributed by atoms with Crippen LogP contribution in [0.25, 0.3) is 0 Å². The van der Waals surface area contributed by atoms with Crippen LogP contribution in [0.3, 0.4) is 0 Å². The molecule has 0 aliphatic carbocycles. The van der Waals surface area contributed by atoms with Crippen molar-refractivity contribution in [2.45, 2.75) is 49.9 Å². The number of aliphatic hydroxyl groups excluding tert-OH is 1. The third-order valence-electron chi connectivity index (χ3n) is 3.91. The lowest BCUT2D eigenvalue weighted by atomic mass is 10.1. The van der Waals surface area contributed by atoms with Crippen molar-refractivity contribution < 1.29 is 43.8 Å². The molecule has 4 unspecified atom stereocenters. The Balaban J connectivity index is 5.43. The second-order valence-corrected chi connectivity index (χ2v) is 6.66. The van der Waals surface area contributed by atoms with Crippen LogP contribution in [0.2, 0.25) is 0 Å². The zero-order valence-corrected chi connectivity index (χ0v) is 16.9. The van der Waals surface area contributed by atoms with Gasteiger partial charge in [0.25, 0.3) is 0 Å². The van der Waals surface area contributed by atoms with E-state index in [-0.39, 0.29) is 12.8 Å². The van der Waals surface area contributed by atoms with Gasteiger partial charge in [0.15, 0.2) is 0 Å². The molecule has 0 aromatic heterocycles. The van der Waals surface area contributed by atoms with E-state index in [2.05, 4.69) is 10.6 Å². The Labute approximate surface area is 181 Å². The van der Waals surface area contributed by atoms with Crippen LogP contribution in [0.4, 0.5) is 0 Å². The summed E-state index contributed by atoms with van der Waals surface area (Å²) in [5.74, 6) is -7.63. The number of carboxylic acid groups (broad SMARTS) is 1. The van der Waals surface area contributed by atoms with Crippen molar-refractivity contribution in [3.8, 4) is 0 Å². The Morgan fingerprint density at radius 2 is 1.09 bits per heavy atom. The van der Waals surface area contributed by atoms with Crippen LogP contribution in [0.15, 0.2) is 0 Å². The molecule has 0 spiro atoms. The third kappa shape index (κ3) is 10.8. The molecule has 0 aliphatic heterocycles. The summed E-state index contributed by atoms with van der Waals surface area (Å²) >= 11 is 0. The van der Waals surface area contributed by atoms with Crippen LogP contribution >= 0.6 is 0 Å². The molecule has 16 heteroatoms. The first kappa shape index (κ1) is 28.2. The quantitative estimate of drug-likeness (QED) is 0.111. The number of carbonyl (C=O) groups excluding carboxylic acids is 6. The van der Waals surface area contributed by atoms with Gasteiger partial charge in [-0.05, 0) is 6.42 Å². The van der Waals surface area contributed by atoms with Crippen molar-refractivity contribution in [2.24, 2.45) is 22.9 Å². The molecule has 0 heterocycles. The van der Waals surface area contributed by atoms with E-state index in [4.69, 9.17) is 33.1 Å². The van der Waals surface area contributed by atoms with Crippen molar-refractivity contribution in [1.29, 1.82) is 0 Å². The number of hydrogen-bond acceptors (Lipinski definition) is 9. The van der Waals surface area contributed by atoms with E-state index in [9.17, 15) is 33.6 Å². The molecule has 0 radical (unpaired) electrons. The molecule has 0 saturated heterocycles. The van der Waals surface area contributed by atoms with Crippen molar-refractivity contribution in [1.82, 2.24) is 16.0 Å². The normalized spacial score (nSPS) is 14.2. The molecule has 13 N–H and O–H groups in total. The molecule has 180 valence electrons. The lowest BCUT2D eigenvalue weighted by Crippen LogP contribution is -2.58. The topological polar surface area (TPSA) is 300 Å². The second kappa shape index (κ2) is 13.5. The van der Waals surface area contributed by atoms with Crippen molar-refractivity contribution in [2.75, 3.05) is 6.61 Å². The van der Waals surface area contributed by atoms with Gasteiger partial charge in [0.1, 0.15) is 18.1 Å². The van der Waals surface area contributed by atoms with Gasteiger partial charge in [0.2, 0.25) is 35.4 Å². The molecule has 0 aromatic rings. The average Bonchev–Trinajstić information content (AvgIpc) is 2.67. The van der Waals surface area contributed by atoms with Crippen molar-refractivity contribution in [3.05, 3.63) is 0 Å². The zero-order chi connectivity index (χ0) is 25.0. The lowest BCUT2D eigenvalue weighted by Gasteiger charge is -2.24. The Morgan fingerprint density at radius 1 is 0.688 bits per heavy atom. The molecule has 0 aliphatic rings. The van der Waals surface area contributed by atoms with Crippen LogP contribution in [-0.2, 0) is 33.6 Å². The number of aliphatic hydroxyl groups is 1. The van der Waals surface area contributed by atoms with Crippen LogP contribution in [0.1, 0.15) is 25.7 Å². The molecule has 0 saturated carbocycles. The van der Waals surface area contributed by atoms with Gasteiger partial charge in [-0.25, -0.2) is 4.79 Å². The minimum Gasteiger partial charge on any atom is -0.480 e. The molecule has 6 amide bonds. The predicted molar refractivity (Wildman–Crippen MR) is 105 cm³/mol. The smallest absolute Gasteiger partial charge is 0.328 e. The van der Waals surface area contributed by atoms with E-state index in [1.165, 1.54) is 0 Å². The largest absolute Gasteiger partial charge is 0.480 e. The van der Waals surface area contributed by atoms with Gasteiger partial charge in [-0.2, -0.15) is 0 Å². The molecule has 4 atom stereocenters. The van der Waals surface area contributed by atoms with Gasteiger partial charge in [-0.1, -0.05) is 0 Å². The summed E-state index contributed by atoms with van der Waals surface area (Å²) in [4.78, 5) is 81.2. The number of primary amides is 3. The zero-order valence-electron chi connectivity index (χ0n) is 16.9. The summed E-state index contributed by atoms with van der Waals surface area (Å²) in [7, 11) is 0. The van der Waals surface area contributed by atoms with Gasteiger partial charge in [0, 0.05) is 6.42 Å². The van der Waals surface area contributed by atoms with Gasteiger partial charge >= 0.3 is 5.97 Å². The van der Waals surface area contributed by atoms with E-state index in [1.807, 2.05) is 5.32 Å². The number of hydrogen-bond donors (Lipinski definition) is 9. The number of carbonyl (C=O) groups is 7. The monoisotopic (exact) mass is 461 g/mol. The number of carboxylic acids is 1. The minimum absolute atomic E-state index is 0.156. The number of amides is 6. The number of rotatable bonds is 15. The summed E-state index contributed by atoms with van der Waals surface area (Å²) in [6.45, 7) is -0.984. The molecule has 16 nitrogen and oxygen atoms in total. The Hall–Kier alpha value is -3.79. The fourth-order valence-electron chi connectivity index (χ4n) is 2.26. The first-order chi connectivity index (χ1) is 14.8. The highest BCUT2D eigenvalue weighted by Crippen LogP contribution is 2.01. The van der Waals surface area contributed by atoms with Gasteiger partial charge in [0.05, 0.1) is 25.5 Å². The Bertz CT molecular complexity index is 758. The number of nitrogens with two attached hydrogens (primary N) is 4.